The third-order valence-electron chi connectivity index (χ3n) is 5.67. The van der Waals surface area contributed by atoms with E-state index in [0.717, 1.165) is 41.5 Å². The summed E-state index contributed by atoms with van der Waals surface area (Å²) in [7, 11) is 0. The molecule has 3 aromatic rings. The predicted molar refractivity (Wildman–Crippen MR) is 132 cm³/mol. The normalized spacial score (nSPS) is 12.5. The number of alkyl halides is 1. The number of aliphatic hydroxyl groups excluding tert-OH is 1. The van der Waals surface area contributed by atoms with Gasteiger partial charge in [-0.15, -0.1) is 11.6 Å². The number of hydrogen-bond donors (Lipinski definition) is 1. The Morgan fingerprint density at radius 2 is 1.62 bits per heavy atom. The average molecular weight is 473 g/mol. The standard InChI is InChI=1S/C26H24ClFO2.CH3Cl/c1-17-5-6-20(18-7-10-23(28)11-8-18)13-22(17)14-21-9-12-24(15-25(21)27)30-16-26(29)19-3-2-4-19;1-2/h5-13,15,29H,2-4,14,16H2,1H3;1H3. The number of rotatable bonds is 6. The molecule has 0 atom stereocenters. The van der Waals surface area contributed by atoms with Crippen LogP contribution in [0.15, 0.2) is 72.0 Å². The number of hydrogen-bond acceptors (Lipinski definition) is 2. The molecule has 0 saturated heterocycles. The van der Waals surface area contributed by atoms with Gasteiger partial charge >= 0.3 is 0 Å². The molecule has 1 saturated carbocycles. The van der Waals surface area contributed by atoms with Crippen LogP contribution in [0.25, 0.3) is 11.1 Å². The molecule has 5 heteroatoms. The van der Waals surface area contributed by atoms with E-state index in [4.69, 9.17) is 16.3 Å². The van der Waals surface area contributed by atoms with Crippen molar-refractivity contribution in [1.82, 2.24) is 0 Å². The van der Waals surface area contributed by atoms with E-state index in [1.165, 1.54) is 29.6 Å². The first-order chi connectivity index (χ1) is 15.5. The van der Waals surface area contributed by atoms with Crippen LogP contribution in [-0.4, -0.2) is 18.1 Å². The highest BCUT2D eigenvalue weighted by Crippen LogP contribution is 2.30. The van der Waals surface area contributed by atoms with Crippen molar-refractivity contribution in [2.45, 2.75) is 32.6 Å². The van der Waals surface area contributed by atoms with Crippen molar-refractivity contribution in [3.05, 3.63) is 99.5 Å². The predicted octanol–water partition coefficient (Wildman–Crippen LogP) is 8.28. The van der Waals surface area contributed by atoms with Crippen LogP contribution < -0.4 is 4.74 Å². The monoisotopic (exact) mass is 472 g/mol. The molecule has 0 aromatic heterocycles. The van der Waals surface area contributed by atoms with E-state index in [-0.39, 0.29) is 12.4 Å². The lowest BCUT2D eigenvalue weighted by Crippen LogP contribution is -2.08. The minimum Gasteiger partial charge on any atom is -0.509 e. The van der Waals surface area contributed by atoms with Gasteiger partial charge in [-0.25, -0.2) is 4.39 Å². The van der Waals surface area contributed by atoms with Crippen LogP contribution in [0.4, 0.5) is 4.39 Å². The van der Waals surface area contributed by atoms with Gasteiger partial charge in [-0.05, 0) is 90.3 Å². The number of benzene rings is 3. The van der Waals surface area contributed by atoms with Crippen LogP contribution in [-0.2, 0) is 6.42 Å². The first-order valence-electron chi connectivity index (χ1n) is 10.5. The van der Waals surface area contributed by atoms with Crippen molar-refractivity contribution >= 4 is 23.2 Å². The molecule has 4 rings (SSSR count). The summed E-state index contributed by atoms with van der Waals surface area (Å²) in [6.45, 7) is 2.26. The van der Waals surface area contributed by atoms with Crippen LogP contribution >= 0.6 is 23.2 Å². The molecule has 2 nitrogen and oxygen atoms in total. The van der Waals surface area contributed by atoms with Crippen molar-refractivity contribution in [3.63, 3.8) is 0 Å². The van der Waals surface area contributed by atoms with Crippen LogP contribution in [0.5, 0.6) is 5.75 Å². The third-order valence-corrected chi connectivity index (χ3v) is 6.02. The minimum atomic E-state index is -0.239. The molecule has 1 aliphatic rings. The Bertz CT molecular complexity index is 1090. The molecule has 0 heterocycles. The molecule has 1 fully saturated rings. The van der Waals surface area contributed by atoms with Gasteiger partial charge < -0.3 is 9.84 Å². The average Bonchev–Trinajstić information content (AvgIpc) is 2.76. The second kappa shape index (κ2) is 11.4. The molecule has 0 amide bonds. The first-order valence-corrected chi connectivity index (χ1v) is 11.7. The fraction of sp³-hybridized carbons (Fsp3) is 0.259. The SMILES string of the molecule is CCl.Cc1ccc(-c2ccc(F)cc2)cc1Cc1ccc(OCC(O)=C2CCC2)cc1Cl. The van der Waals surface area contributed by atoms with E-state index >= 15 is 0 Å². The molecule has 0 bridgehead atoms. The highest BCUT2D eigenvalue weighted by atomic mass is 35.5. The van der Waals surface area contributed by atoms with Crippen LogP contribution in [0, 0.1) is 12.7 Å². The minimum absolute atomic E-state index is 0.184. The summed E-state index contributed by atoms with van der Waals surface area (Å²) in [5, 5.41) is 10.6. The van der Waals surface area contributed by atoms with Gasteiger partial charge in [0.15, 0.2) is 0 Å². The fourth-order valence-corrected chi connectivity index (χ4v) is 3.78. The van der Waals surface area contributed by atoms with Crippen molar-refractivity contribution in [2.75, 3.05) is 13.0 Å². The van der Waals surface area contributed by atoms with E-state index in [1.54, 1.807) is 18.2 Å². The van der Waals surface area contributed by atoms with E-state index in [1.807, 2.05) is 18.2 Å². The van der Waals surface area contributed by atoms with E-state index in [2.05, 4.69) is 30.7 Å². The summed E-state index contributed by atoms with van der Waals surface area (Å²) in [6.07, 6.45) is 5.23. The molecule has 0 unspecified atom stereocenters. The lowest BCUT2D eigenvalue weighted by Gasteiger charge is -2.18. The number of ether oxygens (including phenoxy) is 1. The molecule has 168 valence electrons. The van der Waals surface area contributed by atoms with Gasteiger partial charge in [0.05, 0.1) is 0 Å². The van der Waals surface area contributed by atoms with Crippen molar-refractivity contribution < 1.29 is 14.2 Å². The van der Waals surface area contributed by atoms with Gasteiger partial charge in [-0.3, -0.25) is 0 Å². The first kappa shape index (κ1) is 24.2. The molecule has 0 radical (unpaired) electrons. The maximum atomic E-state index is 13.2. The fourth-order valence-electron chi connectivity index (χ4n) is 3.55. The zero-order chi connectivity index (χ0) is 23.1. The molecule has 32 heavy (non-hydrogen) atoms. The lowest BCUT2D eigenvalue weighted by atomic mass is 9.91. The number of allylic oxidation sites excluding steroid dienone is 1. The van der Waals surface area contributed by atoms with E-state index < -0.39 is 0 Å². The Hall–Kier alpha value is -2.49. The van der Waals surface area contributed by atoms with Crippen LogP contribution in [0.3, 0.4) is 0 Å². The Morgan fingerprint density at radius 3 is 2.25 bits per heavy atom. The Balaban J connectivity index is 0.00000141. The zero-order valence-corrected chi connectivity index (χ0v) is 19.8. The number of halogens is 3. The summed E-state index contributed by atoms with van der Waals surface area (Å²) in [4.78, 5) is 0. The Kier molecular flexibility index (Phi) is 8.60. The summed E-state index contributed by atoms with van der Waals surface area (Å²) in [5.74, 6) is 0.749. The van der Waals surface area contributed by atoms with Crippen molar-refractivity contribution in [3.8, 4) is 16.9 Å². The largest absolute Gasteiger partial charge is 0.509 e. The zero-order valence-electron chi connectivity index (χ0n) is 18.3. The topological polar surface area (TPSA) is 29.5 Å². The summed E-state index contributed by atoms with van der Waals surface area (Å²) < 4.78 is 18.9. The van der Waals surface area contributed by atoms with E-state index in [0.29, 0.717) is 23.0 Å². The summed E-state index contributed by atoms with van der Waals surface area (Å²) in [6, 6.07) is 18.4. The quantitative estimate of drug-likeness (QED) is 0.288. The number of aryl methyl sites for hydroxylation is 1. The molecule has 1 N–H and O–H groups in total. The maximum absolute atomic E-state index is 13.2. The molecular weight excluding hydrogens is 446 g/mol. The van der Waals surface area contributed by atoms with Gasteiger partial charge in [0.2, 0.25) is 0 Å². The lowest BCUT2D eigenvalue weighted by molar-refractivity contribution is 0.260. The van der Waals surface area contributed by atoms with E-state index in [9.17, 15) is 9.50 Å². The Morgan fingerprint density at radius 1 is 0.938 bits per heavy atom. The second-order valence-corrected chi connectivity index (χ2v) is 8.18. The maximum Gasteiger partial charge on any atom is 0.145 e. The molecular formula is C27H27Cl2FO2. The van der Waals surface area contributed by atoms with Crippen molar-refractivity contribution in [2.24, 2.45) is 0 Å². The number of aliphatic hydroxyl groups is 1. The highest BCUT2D eigenvalue weighted by molar-refractivity contribution is 6.31. The molecule has 0 spiro atoms. The third kappa shape index (κ3) is 6.05. The molecule has 0 aliphatic heterocycles. The molecule has 3 aromatic carbocycles. The van der Waals surface area contributed by atoms with Crippen LogP contribution in [0.2, 0.25) is 5.02 Å². The smallest absolute Gasteiger partial charge is 0.145 e. The second-order valence-electron chi connectivity index (χ2n) is 7.77. The molecule has 1 aliphatic carbocycles. The van der Waals surface area contributed by atoms with Gasteiger partial charge in [0, 0.05) is 11.4 Å². The van der Waals surface area contributed by atoms with Gasteiger partial charge in [-0.1, -0.05) is 48.0 Å². The highest BCUT2D eigenvalue weighted by Gasteiger charge is 2.14. The van der Waals surface area contributed by atoms with Crippen LogP contribution in [0.1, 0.15) is 36.0 Å². The van der Waals surface area contributed by atoms with Gasteiger partial charge in [0.1, 0.15) is 23.9 Å². The van der Waals surface area contributed by atoms with Gasteiger partial charge in [0.25, 0.3) is 0 Å². The van der Waals surface area contributed by atoms with Gasteiger partial charge in [-0.2, -0.15) is 0 Å². The summed E-state index contributed by atoms with van der Waals surface area (Å²) >= 11 is 11.2. The van der Waals surface area contributed by atoms with Crippen molar-refractivity contribution in [1.29, 1.82) is 0 Å². The summed E-state index contributed by atoms with van der Waals surface area (Å²) in [5.41, 5.74) is 6.47. The Labute approximate surface area is 199 Å².